The molecule has 0 aromatic heterocycles. The highest BCUT2D eigenvalue weighted by molar-refractivity contribution is 8.04. The van der Waals surface area contributed by atoms with Crippen LogP contribution in [0.5, 0.6) is 0 Å². The molecule has 4 nitrogen and oxygen atoms in total. The number of aliphatic hydroxyl groups is 1. The van der Waals surface area contributed by atoms with E-state index in [1.165, 1.54) is 16.7 Å². The molecule has 2 aromatic carbocycles. The molecule has 2 amide bonds. The van der Waals surface area contributed by atoms with Crippen LogP contribution in [0.25, 0.3) is 5.57 Å². The Morgan fingerprint density at radius 3 is 2.38 bits per heavy atom. The van der Waals surface area contributed by atoms with Gasteiger partial charge in [0.05, 0.1) is 23.6 Å². The second-order valence-electron chi connectivity index (χ2n) is 5.93. The van der Waals surface area contributed by atoms with Crippen LogP contribution in [0.1, 0.15) is 16.7 Å². The number of nitrogens with zero attached hydrogens (tertiary/aromatic N) is 1. The summed E-state index contributed by atoms with van der Waals surface area (Å²) in [6, 6.07) is 14.7. The first-order chi connectivity index (χ1) is 12.5. The molecule has 0 saturated carbocycles. The number of carbonyl (C=O) groups is 2. The van der Waals surface area contributed by atoms with E-state index in [4.69, 9.17) is 16.7 Å². The average molecular weight is 388 g/mol. The number of rotatable bonds is 6. The zero-order valence-electron chi connectivity index (χ0n) is 14.2. The summed E-state index contributed by atoms with van der Waals surface area (Å²) < 4.78 is 0. The van der Waals surface area contributed by atoms with Crippen LogP contribution >= 0.6 is 23.4 Å². The van der Waals surface area contributed by atoms with Crippen molar-refractivity contribution in [1.82, 2.24) is 4.90 Å². The van der Waals surface area contributed by atoms with Crippen LogP contribution < -0.4 is 0 Å². The molecule has 2 aromatic rings. The zero-order valence-corrected chi connectivity index (χ0v) is 15.8. The van der Waals surface area contributed by atoms with Crippen molar-refractivity contribution in [2.75, 3.05) is 12.4 Å². The fourth-order valence-corrected chi connectivity index (χ4v) is 3.82. The van der Waals surface area contributed by atoms with Crippen LogP contribution in [0, 0.1) is 6.92 Å². The predicted molar refractivity (Wildman–Crippen MR) is 105 cm³/mol. The van der Waals surface area contributed by atoms with Crippen molar-refractivity contribution in [3.8, 4) is 0 Å². The number of carbonyl (C=O) groups excluding carboxylic acids is 2. The van der Waals surface area contributed by atoms with Crippen molar-refractivity contribution in [1.29, 1.82) is 0 Å². The topological polar surface area (TPSA) is 57.6 Å². The first-order valence-electron chi connectivity index (χ1n) is 8.17. The van der Waals surface area contributed by atoms with E-state index in [9.17, 15) is 9.59 Å². The lowest BCUT2D eigenvalue weighted by molar-refractivity contribution is -0.137. The number of aliphatic hydroxyl groups excluding tert-OH is 1. The Labute approximate surface area is 161 Å². The Kier molecular flexibility index (Phi) is 5.81. The maximum atomic E-state index is 13.0. The Hall–Kier alpha value is -2.08. The van der Waals surface area contributed by atoms with E-state index in [1.807, 2.05) is 37.3 Å². The number of aryl methyl sites for hydroxylation is 1. The summed E-state index contributed by atoms with van der Waals surface area (Å²) in [5.41, 5.74) is 2.88. The minimum Gasteiger partial charge on any atom is -0.396 e. The standard InChI is InChI=1S/C20H18ClNO3S/c1-13-6-8-14(9-7-13)17-18(26-11-10-23)20(25)22(19(17)24)12-15-4-2-3-5-16(15)21/h2-9,23H,10-12H2,1H3. The van der Waals surface area contributed by atoms with Gasteiger partial charge in [-0.2, -0.15) is 0 Å². The number of hydrogen-bond acceptors (Lipinski definition) is 4. The van der Waals surface area contributed by atoms with Gasteiger partial charge in [-0.25, -0.2) is 0 Å². The molecule has 0 spiro atoms. The van der Waals surface area contributed by atoms with E-state index in [-0.39, 0.29) is 25.0 Å². The van der Waals surface area contributed by atoms with Crippen LogP contribution in [0.15, 0.2) is 53.4 Å². The third kappa shape index (κ3) is 3.70. The van der Waals surface area contributed by atoms with E-state index in [2.05, 4.69) is 0 Å². The number of thioether (sulfide) groups is 1. The number of amides is 2. The molecule has 1 N–H and O–H groups in total. The molecular formula is C20H18ClNO3S. The van der Waals surface area contributed by atoms with E-state index < -0.39 is 0 Å². The largest absolute Gasteiger partial charge is 0.396 e. The van der Waals surface area contributed by atoms with Gasteiger partial charge in [-0.15, -0.1) is 11.8 Å². The molecule has 1 aliphatic rings. The van der Waals surface area contributed by atoms with Gasteiger partial charge < -0.3 is 5.11 Å². The molecule has 0 bridgehead atoms. The first-order valence-corrected chi connectivity index (χ1v) is 9.54. The molecule has 1 heterocycles. The van der Waals surface area contributed by atoms with Crippen molar-refractivity contribution in [2.24, 2.45) is 0 Å². The Morgan fingerprint density at radius 2 is 1.73 bits per heavy atom. The van der Waals surface area contributed by atoms with Crippen LogP contribution in [0.4, 0.5) is 0 Å². The molecule has 0 aliphatic carbocycles. The van der Waals surface area contributed by atoms with Crippen LogP contribution in [-0.2, 0) is 16.1 Å². The van der Waals surface area contributed by atoms with Crippen molar-refractivity contribution in [3.05, 3.63) is 75.1 Å². The fourth-order valence-electron chi connectivity index (χ4n) is 2.75. The van der Waals surface area contributed by atoms with Crippen molar-refractivity contribution in [2.45, 2.75) is 13.5 Å². The smallest absolute Gasteiger partial charge is 0.268 e. The molecule has 0 unspecified atom stereocenters. The summed E-state index contributed by atoms with van der Waals surface area (Å²) in [4.78, 5) is 27.5. The van der Waals surface area contributed by atoms with Gasteiger partial charge >= 0.3 is 0 Å². The third-order valence-electron chi connectivity index (χ3n) is 4.09. The van der Waals surface area contributed by atoms with E-state index in [0.29, 0.717) is 32.4 Å². The normalized spacial score (nSPS) is 14.5. The zero-order chi connectivity index (χ0) is 18.7. The van der Waals surface area contributed by atoms with E-state index in [0.717, 1.165) is 5.56 Å². The predicted octanol–water partition coefficient (Wildman–Crippen LogP) is 3.65. The molecule has 0 fully saturated rings. The molecule has 134 valence electrons. The molecule has 0 radical (unpaired) electrons. The van der Waals surface area contributed by atoms with Gasteiger partial charge in [0.15, 0.2) is 0 Å². The van der Waals surface area contributed by atoms with Gasteiger partial charge in [-0.05, 0) is 24.1 Å². The number of hydrogen-bond donors (Lipinski definition) is 1. The van der Waals surface area contributed by atoms with Gasteiger partial charge in [-0.1, -0.05) is 59.6 Å². The maximum Gasteiger partial charge on any atom is 0.268 e. The van der Waals surface area contributed by atoms with Crippen LogP contribution in [-0.4, -0.2) is 34.2 Å². The minimum atomic E-state index is -0.344. The molecule has 1 aliphatic heterocycles. The van der Waals surface area contributed by atoms with Gasteiger partial charge in [0.25, 0.3) is 11.8 Å². The Bertz CT molecular complexity index is 877. The molecular weight excluding hydrogens is 370 g/mol. The Balaban J connectivity index is 1.97. The summed E-state index contributed by atoms with van der Waals surface area (Å²) >= 11 is 7.39. The molecule has 0 saturated heterocycles. The second kappa shape index (κ2) is 8.08. The summed E-state index contributed by atoms with van der Waals surface area (Å²) in [7, 11) is 0. The Morgan fingerprint density at radius 1 is 1.04 bits per heavy atom. The van der Waals surface area contributed by atoms with Crippen molar-refractivity contribution < 1.29 is 14.7 Å². The maximum absolute atomic E-state index is 13.0. The summed E-state index contributed by atoms with van der Waals surface area (Å²) in [6.07, 6.45) is 0. The van der Waals surface area contributed by atoms with E-state index in [1.54, 1.807) is 18.2 Å². The lowest BCUT2D eigenvalue weighted by atomic mass is 10.0. The van der Waals surface area contributed by atoms with Crippen LogP contribution in [0.3, 0.4) is 0 Å². The quantitative estimate of drug-likeness (QED) is 0.768. The molecule has 0 atom stereocenters. The van der Waals surface area contributed by atoms with Gasteiger partial charge in [0.1, 0.15) is 0 Å². The van der Waals surface area contributed by atoms with Gasteiger partial charge in [0.2, 0.25) is 0 Å². The highest BCUT2D eigenvalue weighted by Gasteiger charge is 2.39. The van der Waals surface area contributed by atoms with Crippen molar-refractivity contribution in [3.63, 3.8) is 0 Å². The van der Waals surface area contributed by atoms with E-state index >= 15 is 0 Å². The summed E-state index contributed by atoms with van der Waals surface area (Å²) in [6.45, 7) is 2.02. The first kappa shape index (κ1) is 18.7. The fraction of sp³-hybridized carbons (Fsp3) is 0.200. The molecule has 26 heavy (non-hydrogen) atoms. The third-order valence-corrected chi connectivity index (χ3v) is 5.51. The van der Waals surface area contributed by atoms with Gasteiger partial charge in [-0.3, -0.25) is 14.5 Å². The average Bonchev–Trinajstić information content (AvgIpc) is 2.86. The number of imide groups is 1. The summed E-state index contributed by atoms with van der Waals surface area (Å²) in [5.74, 6) is -0.327. The molecule has 6 heteroatoms. The number of benzene rings is 2. The highest BCUT2D eigenvalue weighted by atomic mass is 35.5. The lowest BCUT2D eigenvalue weighted by Gasteiger charge is -2.16. The summed E-state index contributed by atoms with van der Waals surface area (Å²) in [5, 5.41) is 9.65. The van der Waals surface area contributed by atoms with Crippen LogP contribution in [0.2, 0.25) is 5.02 Å². The van der Waals surface area contributed by atoms with Gasteiger partial charge in [0, 0.05) is 10.8 Å². The SMILES string of the molecule is Cc1ccc(C2=C(SCCO)C(=O)N(Cc3ccccc3Cl)C2=O)cc1. The highest BCUT2D eigenvalue weighted by Crippen LogP contribution is 2.37. The number of halogens is 1. The lowest BCUT2D eigenvalue weighted by Crippen LogP contribution is -2.31. The molecule has 3 rings (SSSR count). The van der Waals surface area contributed by atoms with Crippen molar-refractivity contribution >= 4 is 40.8 Å². The second-order valence-corrected chi connectivity index (χ2v) is 7.44. The monoisotopic (exact) mass is 387 g/mol. The minimum absolute atomic E-state index is 0.0681.